The van der Waals surface area contributed by atoms with Crippen molar-refractivity contribution < 1.29 is 22.4 Å². The van der Waals surface area contributed by atoms with Crippen LogP contribution in [-0.2, 0) is 20.9 Å². The molecule has 3 aromatic carbocycles. The molecule has 0 saturated carbocycles. The van der Waals surface area contributed by atoms with E-state index in [1.807, 2.05) is 37.3 Å². The number of aryl methyl sites for hydroxylation is 1. The summed E-state index contributed by atoms with van der Waals surface area (Å²) < 4.78 is 28.8. The van der Waals surface area contributed by atoms with Crippen LogP contribution < -0.4 is 0 Å². The van der Waals surface area contributed by atoms with Gasteiger partial charge in [0.2, 0.25) is 0 Å². The summed E-state index contributed by atoms with van der Waals surface area (Å²) in [7, 11) is -3.68. The first kappa shape index (κ1) is 22.7. The van der Waals surface area contributed by atoms with E-state index >= 15 is 0 Å². The largest absolute Gasteiger partial charge is 0.297 e. The van der Waals surface area contributed by atoms with E-state index in [2.05, 4.69) is 0 Å². The zero-order valence-corrected chi connectivity index (χ0v) is 16.7. The molecule has 0 spiro atoms. The first-order chi connectivity index (χ1) is 14.2. The van der Waals surface area contributed by atoms with Crippen molar-refractivity contribution in [3.63, 3.8) is 0 Å². The molecule has 0 aliphatic rings. The molecule has 0 fully saturated rings. The van der Waals surface area contributed by atoms with Crippen molar-refractivity contribution in [2.24, 2.45) is 0 Å². The van der Waals surface area contributed by atoms with E-state index in [1.165, 1.54) is 18.2 Å². The van der Waals surface area contributed by atoms with Crippen LogP contribution in [0.25, 0.3) is 0 Å². The van der Waals surface area contributed by atoms with Crippen molar-refractivity contribution in [3.8, 4) is 0 Å². The van der Waals surface area contributed by atoms with E-state index in [4.69, 9.17) is 4.18 Å². The lowest BCUT2D eigenvalue weighted by molar-refractivity contribution is -0.394. The lowest BCUT2D eigenvalue weighted by Crippen LogP contribution is -2.06. The molecule has 9 nitrogen and oxygen atoms in total. The number of rotatable bonds is 6. The van der Waals surface area contributed by atoms with Crippen LogP contribution in [-0.4, -0.2) is 18.3 Å². The van der Waals surface area contributed by atoms with Gasteiger partial charge in [0.25, 0.3) is 21.5 Å². The van der Waals surface area contributed by atoms with Gasteiger partial charge in [-0.1, -0.05) is 48.0 Å². The third-order valence-corrected chi connectivity index (χ3v) is 5.06. The van der Waals surface area contributed by atoms with Crippen LogP contribution in [0.15, 0.2) is 83.8 Å². The highest BCUT2D eigenvalue weighted by molar-refractivity contribution is 7.86. The van der Waals surface area contributed by atoms with Crippen molar-refractivity contribution in [2.75, 3.05) is 0 Å². The minimum absolute atomic E-state index is 0.0526. The average Bonchev–Trinajstić information content (AvgIpc) is 2.74. The predicted molar refractivity (Wildman–Crippen MR) is 109 cm³/mol. The van der Waals surface area contributed by atoms with Crippen LogP contribution in [0.4, 0.5) is 11.4 Å². The normalized spacial score (nSPS) is 10.6. The summed E-state index contributed by atoms with van der Waals surface area (Å²) >= 11 is 0. The third kappa shape index (κ3) is 6.76. The molecule has 156 valence electrons. The number of hydrogen-bond donors (Lipinski definition) is 0. The summed E-state index contributed by atoms with van der Waals surface area (Å²) in [5, 5.41) is 20.3. The second-order valence-electron chi connectivity index (χ2n) is 6.05. The SMILES string of the molecule is Cc1ccc(S(=O)(=O)OCc2ccccc2)cc1.O=[N+]([O-])c1cccc([N+](=O)[O-])c1. The molecule has 0 unspecified atom stereocenters. The Morgan fingerprint density at radius 3 is 1.83 bits per heavy atom. The Morgan fingerprint density at radius 1 is 0.800 bits per heavy atom. The Labute approximate surface area is 173 Å². The maximum Gasteiger partial charge on any atom is 0.297 e. The molecule has 0 saturated heterocycles. The average molecular weight is 430 g/mol. The first-order valence-electron chi connectivity index (χ1n) is 8.58. The molecular formula is C20H18N2O7S. The van der Waals surface area contributed by atoms with Gasteiger partial charge in [0.05, 0.1) is 27.4 Å². The number of nitro benzene ring substituents is 2. The van der Waals surface area contributed by atoms with E-state index in [9.17, 15) is 28.6 Å². The van der Waals surface area contributed by atoms with Crippen LogP contribution >= 0.6 is 0 Å². The van der Waals surface area contributed by atoms with Crippen LogP contribution in [0.5, 0.6) is 0 Å². The maximum atomic E-state index is 11.9. The van der Waals surface area contributed by atoms with Crippen molar-refractivity contribution in [1.82, 2.24) is 0 Å². The Morgan fingerprint density at radius 2 is 1.33 bits per heavy atom. The van der Waals surface area contributed by atoms with Gasteiger partial charge in [-0.2, -0.15) is 8.42 Å². The molecule has 0 radical (unpaired) electrons. The molecule has 0 aromatic heterocycles. The quantitative estimate of drug-likeness (QED) is 0.322. The lowest BCUT2D eigenvalue weighted by atomic mass is 10.2. The number of hydrogen-bond acceptors (Lipinski definition) is 7. The summed E-state index contributed by atoms with van der Waals surface area (Å²) in [4.78, 5) is 19.2. The summed E-state index contributed by atoms with van der Waals surface area (Å²) in [6, 6.07) is 20.4. The van der Waals surface area contributed by atoms with Gasteiger partial charge in [-0.05, 0) is 30.7 Å². The summed E-state index contributed by atoms with van der Waals surface area (Å²) in [5.74, 6) is 0. The molecule has 0 amide bonds. The monoisotopic (exact) mass is 430 g/mol. The molecule has 0 atom stereocenters. The van der Waals surface area contributed by atoms with Crippen LogP contribution in [0.1, 0.15) is 11.1 Å². The van der Waals surface area contributed by atoms with E-state index in [1.54, 1.807) is 24.3 Å². The van der Waals surface area contributed by atoms with Crippen molar-refractivity contribution in [2.45, 2.75) is 18.4 Å². The molecule has 3 rings (SSSR count). The maximum absolute atomic E-state index is 11.9. The van der Waals surface area contributed by atoms with Gasteiger partial charge in [0.15, 0.2) is 0 Å². The van der Waals surface area contributed by atoms with Gasteiger partial charge < -0.3 is 0 Å². The highest BCUT2D eigenvalue weighted by Crippen LogP contribution is 2.18. The summed E-state index contributed by atoms with van der Waals surface area (Å²) in [5.41, 5.74) is 1.29. The molecule has 0 heterocycles. The fourth-order valence-corrected chi connectivity index (χ4v) is 3.11. The van der Waals surface area contributed by atoms with Gasteiger partial charge in [-0.15, -0.1) is 0 Å². The molecule has 0 aliphatic heterocycles. The van der Waals surface area contributed by atoms with Crippen molar-refractivity contribution >= 4 is 21.5 Å². The van der Waals surface area contributed by atoms with Gasteiger partial charge in [-0.25, -0.2) is 0 Å². The van der Waals surface area contributed by atoms with Gasteiger partial charge in [0.1, 0.15) is 0 Å². The smallest absolute Gasteiger partial charge is 0.262 e. The standard InChI is InChI=1S/C14H14O3S.C6H4N2O4/c1-12-7-9-14(10-8-12)18(15,16)17-11-13-5-3-2-4-6-13;9-7(10)5-2-1-3-6(4-5)8(11)12/h2-10H,11H2,1H3;1-4H. The Kier molecular flexibility index (Phi) is 7.73. The van der Waals surface area contributed by atoms with E-state index in [0.717, 1.165) is 17.2 Å². The minimum atomic E-state index is -3.68. The molecule has 0 aliphatic carbocycles. The minimum Gasteiger partial charge on any atom is -0.262 e. The fraction of sp³-hybridized carbons (Fsp3) is 0.100. The fourth-order valence-electron chi connectivity index (χ4n) is 2.21. The van der Waals surface area contributed by atoms with Gasteiger partial charge >= 0.3 is 0 Å². The Hall–Kier alpha value is -3.63. The first-order valence-corrected chi connectivity index (χ1v) is 9.99. The zero-order valence-electron chi connectivity index (χ0n) is 15.9. The molecule has 0 bridgehead atoms. The van der Waals surface area contributed by atoms with E-state index in [-0.39, 0.29) is 22.9 Å². The zero-order chi connectivity index (χ0) is 22.1. The molecular weight excluding hydrogens is 412 g/mol. The molecule has 3 aromatic rings. The number of nitro groups is 2. The number of non-ortho nitro benzene ring substituents is 2. The lowest BCUT2D eigenvalue weighted by Gasteiger charge is -2.06. The highest BCUT2D eigenvalue weighted by Gasteiger charge is 2.14. The van der Waals surface area contributed by atoms with E-state index < -0.39 is 20.0 Å². The second kappa shape index (κ2) is 10.2. The number of nitrogens with zero attached hydrogens (tertiary/aromatic N) is 2. The topological polar surface area (TPSA) is 130 Å². The van der Waals surface area contributed by atoms with Gasteiger partial charge in [0, 0.05) is 12.1 Å². The van der Waals surface area contributed by atoms with Gasteiger partial charge in [-0.3, -0.25) is 24.4 Å². The molecule has 10 heteroatoms. The van der Waals surface area contributed by atoms with Crippen molar-refractivity contribution in [1.29, 1.82) is 0 Å². The summed E-state index contributed by atoms with van der Waals surface area (Å²) in [6.07, 6.45) is 0. The number of benzene rings is 3. The van der Waals surface area contributed by atoms with Crippen molar-refractivity contribution in [3.05, 3.63) is 110 Å². The van der Waals surface area contributed by atoms with E-state index in [0.29, 0.717) is 0 Å². The third-order valence-electron chi connectivity index (χ3n) is 3.78. The van der Waals surface area contributed by atoms with Crippen LogP contribution in [0.2, 0.25) is 0 Å². The molecule has 0 N–H and O–H groups in total. The molecule has 30 heavy (non-hydrogen) atoms. The summed E-state index contributed by atoms with van der Waals surface area (Å²) in [6.45, 7) is 1.96. The Bertz CT molecular complexity index is 1090. The second-order valence-corrected chi connectivity index (χ2v) is 7.66. The predicted octanol–water partition coefficient (Wildman–Crippen LogP) is 4.40. The van der Waals surface area contributed by atoms with Crippen LogP contribution in [0.3, 0.4) is 0 Å². The van der Waals surface area contributed by atoms with Crippen LogP contribution in [0, 0.1) is 27.2 Å². The highest BCUT2D eigenvalue weighted by atomic mass is 32.2. The Balaban J connectivity index is 0.000000232.